The normalized spacial score (nSPS) is 13.1. The summed E-state index contributed by atoms with van der Waals surface area (Å²) in [6, 6.07) is 4.33. The van der Waals surface area contributed by atoms with Crippen LogP contribution in [0.1, 0.15) is 116 Å². The molecule has 38 heavy (non-hydrogen) atoms. The Morgan fingerprint density at radius 2 is 1.50 bits per heavy atom. The van der Waals surface area contributed by atoms with Crippen molar-refractivity contribution in [3.8, 4) is 0 Å². The van der Waals surface area contributed by atoms with Crippen LogP contribution in [0.2, 0.25) is 0 Å². The van der Waals surface area contributed by atoms with E-state index in [4.69, 9.17) is 4.74 Å². The molecule has 2 atom stereocenters. The number of carbonyl (C=O) groups is 3. The molecule has 0 aromatic heterocycles. The maximum Gasteiger partial charge on any atom is 0.408 e. The molecule has 0 bridgehead atoms. The van der Waals surface area contributed by atoms with E-state index in [9.17, 15) is 14.4 Å². The highest BCUT2D eigenvalue weighted by molar-refractivity contribution is 5.92. The standard InChI is InChI=1S/C31H53N3O4/c1-10-12-14-15-16-21-34(29(36)26(22(3)4)33-30(37)38-31(7,8)9)27(28(35)32-20-13-11-2)25-23(5)18-17-19-24(25)6/h17-19,22,26-27H,10-16,20-21H2,1-9H3,(H,32,35)(H,33,37). The topological polar surface area (TPSA) is 87.7 Å². The Bertz CT molecular complexity index is 871. The van der Waals surface area contributed by atoms with Crippen LogP contribution in [0.5, 0.6) is 0 Å². The second kappa shape index (κ2) is 16.4. The number of amides is 3. The van der Waals surface area contributed by atoms with Gasteiger partial charge in [-0.1, -0.05) is 78.0 Å². The highest BCUT2D eigenvalue weighted by atomic mass is 16.6. The van der Waals surface area contributed by atoms with Crippen molar-refractivity contribution in [1.82, 2.24) is 15.5 Å². The zero-order valence-corrected chi connectivity index (χ0v) is 25.4. The maximum atomic E-state index is 14.3. The van der Waals surface area contributed by atoms with Crippen molar-refractivity contribution >= 4 is 17.9 Å². The highest BCUT2D eigenvalue weighted by Crippen LogP contribution is 2.30. The summed E-state index contributed by atoms with van der Waals surface area (Å²) in [6.07, 6.45) is 6.30. The predicted molar refractivity (Wildman–Crippen MR) is 155 cm³/mol. The number of rotatable bonds is 15. The van der Waals surface area contributed by atoms with E-state index in [-0.39, 0.29) is 17.7 Å². The van der Waals surface area contributed by atoms with E-state index in [1.54, 1.807) is 25.7 Å². The van der Waals surface area contributed by atoms with Crippen LogP contribution in [-0.4, -0.2) is 47.5 Å². The molecule has 7 nitrogen and oxygen atoms in total. The number of nitrogens with zero attached hydrogens (tertiary/aromatic N) is 1. The number of alkyl carbamates (subject to hydrolysis) is 1. The molecule has 2 N–H and O–H groups in total. The Morgan fingerprint density at radius 3 is 2.03 bits per heavy atom. The van der Waals surface area contributed by atoms with Gasteiger partial charge in [-0.15, -0.1) is 0 Å². The lowest BCUT2D eigenvalue weighted by atomic mass is 9.92. The molecule has 0 saturated carbocycles. The third kappa shape index (κ3) is 11.0. The van der Waals surface area contributed by atoms with Gasteiger partial charge in [-0.25, -0.2) is 4.79 Å². The zero-order chi connectivity index (χ0) is 28.9. The van der Waals surface area contributed by atoms with E-state index in [0.29, 0.717) is 13.1 Å². The Balaban J connectivity index is 3.50. The molecular weight excluding hydrogens is 478 g/mol. The molecule has 3 amide bonds. The molecule has 2 unspecified atom stereocenters. The van der Waals surface area contributed by atoms with Crippen LogP contribution < -0.4 is 10.6 Å². The van der Waals surface area contributed by atoms with E-state index in [0.717, 1.165) is 61.6 Å². The average Bonchev–Trinajstić information content (AvgIpc) is 2.81. The Morgan fingerprint density at radius 1 is 0.921 bits per heavy atom. The molecular formula is C31H53N3O4. The van der Waals surface area contributed by atoms with Gasteiger partial charge >= 0.3 is 6.09 Å². The molecule has 0 heterocycles. The number of carbonyl (C=O) groups excluding carboxylic acids is 3. The number of hydrogen-bond donors (Lipinski definition) is 2. The Kier molecular flexibility index (Phi) is 14.4. The second-order valence-corrected chi connectivity index (χ2v) is 11.7. The summed E-state index contributed by atoms with van der Waals surface area (Å²) in [4.78, 5) is 42.4. The largest absolute Gasteiger partial charge is 0.444 e. The average molecular weight is 532 g/mol. The van der Waals surface area contributed by atoms with Crippen molar-refractivity contribution in [3.05, 3.63) is 34.9 Å². The molecule has 7 heteroatoms. The van der Waals surface area contributed by atoms with Crippen LogP contribution in [0, 0.1) is 19.8 Å². The van der Waals surface area contributed by atoms with Gasteiger partial charge in [-0.3, -0.25) is 9.59 Å². The first-order valence-corrected chi connectivity index (χ1v) is 14.5. The molecule has 1 aromatic rings. The first kappa shape index (κ1) is 33.5. The Hall–Kier alpha value is -2.57. The molecule has 216 valence electrons. The quantitative estimate of drug-likeness (QED) is 0.249. The van der Waals surface area contributed by atoms with Crippen LogP contribution in [-0.2, 0) is 14.3 Å². The number of nitrogens with one attached hydrogen (secondary N) is 2. The van der Waals surface area contributed by atoms with E-state index in [2.05, 4.69) is 24.5 Å². The van der Waals surface area contributed by atoms with Crippen LogP contribution in [0.4, 0.5) is 4.79 Å². The summed E-state index contributed by atoms with van der Waals surface area (Å²) < 4.78 is 5.47. The lowest BCUT2D eigenvalue weighted by Crippen LogP contribution is -2.55. The minimum Gasteiger partial charge on any atom is -0.444 e. The third-order valence-electron chi connectivity index (χ3n) is 6.60. The van der Waals surface area contributed by atoms with Gasteiger partial charge in [0.1, 0.15) is 17.7 Å². The lowest BCUT2D eigenvalue weighted by Gasteiger charge is -2.36. The van der Waals surface area contributed by atoms with Crippen molar-refractivity contribution in [2.24, 2.45) is 5.92 Å². The smallest absolute Gasteiger partial charge is 0.408 e. The summed E-state index contributed by atoms with van der Waals surface area (Å²) in [5.74, 6) is -0.642. The molecule has 0 aliphatic heterocycles. The fraction of sp³-hybridized carbons (Fsp3) is 0.710. The minimum atomic E-state index is -0.823. The summed E-state index contributed by atoms with van der Waals surface area (Å²) in [7, 11) is 0. The fourth-order valence-electron chi connectivity index (χ4n) is 4.55. The molecule has 0 saturated heterocycles. The fourth-order valence-corrected chi connectivity index (χ4v) is 4.55. The molecule has 1 rings (SSSR count). The molecule has 0 aliphatic carbocycles. The summed E-state index contributed by atoms with van der Waals surface area (Å²) in [5, 5.41) is 5.88. The van der Waals surface area contributed by atoms with E-state index in [1.807, 2.05) is 45.9 Å². The minimum absolute atomic E-state index is 0.183. The molecule has 0 spiro atoms. The van der Waals surface area contributed by atoms with Crippen LogP contribution in [0.15, 0.2) is 18.2 Å². The Labute approximate surface area is 231 Å². The van der Waals surface area contributed by atoms with Crippen LogP contribution in [0.3, 0.4) is 0 Å². The summed E-state index contributed by atoms with van der Waals surface area (Å²) in [5.41, 5.74) is 2.09. The number of unbranched alkanes of at least 4 members (excludes halogenated alkanes) is 5. The number of hydrogen-bond acceptors (Lipinski definition) is 4. The third-order valence-corrected chi connectivity index (χ3v) is 6.60. The van der Waals surface area contributed by atoms with Gasteiger partial charge in [0.05, 0.1) is 0 Å². The number of benzene rings is 1. The monoisotopic (exact) mass is 531 g/mol. The van der Waals surface area contributed by atoms with Crippen LogP contribution in [0.25, 0.3) is 0 Å². The van der Waals surface area contributed by atoms with Crippen molar-refractivity contribution in [3.63, 3.8) is 0 Å². The van der Waals surface area contributed by atoms with Crippen molar-refractivity contribution in [2.75, 3.05) is 13.1 Å². The summed E-state index contributed by atoms with van der Waals surface area (Å²) in [6.45, 7) is 18.4. The molecule has 0 fully saturated rings. The van der Waals surface area contributed by atoms with Crippen molar-refractivity contribution in [1.29, 1.82) is 0 Å². The van der Waals surface area contributed by atoms with Gasteiger partial charge in [0.15, 0.2) is 0 Å². The number of aryl methyl sites for hydroxylation is 2. The van der Waals surface area contributed by atoms with Gasteiger partial charge in [-0.05, 0) is 70.1 Å². The second-order valence-electron chi connectivity index (χ2n) is 11.7. The van der Waals surface area contributed by atoms with Crippen molar-refractivity contribution < 1.29 is 19.1 Å². The van der Waals surface area contributed by atoms with Gasteiger partial charge in [0.25, 0.3) is 0 Å². The summed E-state index contributed by atoms with van der Waals surface area (Å²) >= 11 is 0. The first-order valence-electron chi connectivity index (χ1n) is 14.5. The molecule has 0 aliphatic rings. The first-order chi connectivity index (χ1) is 17.8. The van der Waals surface area contributed by atoms with Gasteiger partial charge < -0.3 is 20.3 Å². The predicted octanol–water partition coefficient (Wildman–Crippen LogP) is 6.61. The molecule has 0 radical (unpaired) electrons. The SMILES string of the molecule is CCCCCCCN(C(=O)C(NC(=O)OC(C)(C)C)C(C)C)C(C(=O)NCCCC)c1c(C)cccc1C. The van der Waals surface area contributed by atoms with E-state index in [1.165, 1.54) is 0 Å². The maximum absolute atomic E-state index is 14.3. The van der Waals surface area contributed by atoms with Gasteiger partial charge in [-0.2, -0.15) is 0 Å². The molecule has 1 aromatic carbocycles. The number of ether oxygens (including phenoxy) is 1. The van der Waals surface area contributed by atoms with Gasteiger partial charge in [0.2, 0.25) is 11.8 Å². The van der Waals surface area contributed by atoms with Crippen LogP contribution >= 0.6 is 0 Å². The zero-order valence-electron chi connectivity index (χ0n) is 25.4. The van der Waals surface area contributed by atoms with E-state index < -0.39 is 23.8 Å². The lowest BCUT2D eigenvalue weighted by molar-refractivity contribution is -0.143. The van der Waals surface area contributed by atoms with Crippen molar-refractivity contribution in [2.45, 2.75) is 125 Å². The van der Waals surface area contributed by atoms with Gasteiger partial charge in [0, 0.05) is 13.1 Å². The highest BCUT2D eigenvalue weighted by Gasteiger charge is 2.38. The van der Waals surface area contributed by atoms with E-state index >= 15 is 0 Å².